The number of hydrogen-bond donors (Lipinski definition) is 1. The Morgan fingerprint density at radius 2 is 1.88 bits per heavy atom. The molecule has 3 rings (SSSR count). The predicted octanol–water partition coefficient (Wildman–Crippen LogP) is 1.50. The number of carbonyl (C=O) groups excluding carboxylic acids is 2. The highest BCUT2D eigenvalue weighted by atomic mass is 19.4. The van der Waals surface area contributed by atoms with Gasteiger partial charge in [-0.3, -0.25) is 14.6 Å². The lowest BCUT2D eigenvalue weighted by Crippen LogP contribution is -2.49. The van der Waals surface area contributed by atoms with Gasteiger partial charge in [0.25, 0.3) is 0 Å². The van der Waals surface area contributed by atoms with E-state index in [1.807, 2.05) is 0 Å². The van der Waals surface area contributed by atoms with Crippen molar-refractivity contribution in [1.29, 1.82) is 0 Å². The van der Waals surface area contributed by atoms with Crippen LogP contribution in [0.15, 0.2) is 0 Å². The third kappa shape index (κ3) is 4.31. The molecule has 1 aliphatic carbocycles. The molecule has 3 fully saturated rings. The first kappa shape index (κ1) is 17.3. The van der Waals surface area contributed by atoms with Gasteiger partial charge in [0.15, 0.2) is 6.61 Å². The minimum atomic E-state index is -4.57. The van der Waals surface area contributed by atoms with Gasteiger partial charge in [-0.05, 0) is 32.1 Å². The molecule has 0 bridgehead atoms. The highest BCUT2D eigenvalue weighted by molar-refractivity contribution is 5.86. The second-order valence-electron chi connectivity index (χ2n) is 6.74. The number of ether oxygens (including phenoxy) is 1. The van der Waals surface area contributed by atoms with Crippen LogP contribution in [-0.4, -0.2) is 72.3 Å². The van der Waals surface area contributed by atoms with E-state index in [1.165, 1.54) is 12.8 Å². The van der Waals surface area contributed by atoms with E-state index >= 15 is 0 Å². The molecule has 2 aliphatic heterocycles. The maximum atomic E-state index is 12.4. The van der Waals surface area contributed by atoms with E-state index in [1.54, 1.807) is 0 Å². The van der Waals surface area contributed by atoms with E-state index in [9.17, 15) is 22.8 Å². The Hall–Kier alpha value is -1.51. The summed E-state index contributed by atoms with van der Waals surface area (Å²) in [5.74, 6) is -0.292. The number of nitrogens with zero attached hydrogens (tertiary/aromatic N) is 2. The molecule has 2 saturated heterocycles. The first-order valence-corrected chi connectivity index (χ1v) is 8.38. The van der Waals surface area contributed by atoms with E-state index in [2.05, 4.69) is 15.0 Å². The Kier molecular flexibility index (Phi) is 4.89. The van der Waals surface area contributed by atoms with Crippen molar-refractivity contribution in [1.82, 2.24) is 15.1 Å². The number of hydrogen-bond acceptors (Lipinski definition) is 4. The summed E-state index contributed by atoms with van der Waals surface area (Å²) in [6.45, 7) is 0.378. The highest BCUT2D eigenvalue weighted by Crippen LogP contribution is 2.30. The van der Waals surface area contributed by atoms with Crippen molar-refractivity contribution >= 4 is 12.0 Å². The average Bonchev–Trinajstić information content (AvgIpc) is 3.06. The Morgan fingerprint density at radius 3 is 2.54 bits per heavy atom. The third-order valence-electron chi connectivity index (χ3n) is 4.78. The minimum Gasteiger partial charge on any atom is -0.440 e. The van der Waals surface area contributed by atoms with Crippen molar-refractivity contribution in [2.24, 2.45) is 0 Å². The summed E-state index contributed by atoms with van der Waals surface area (Å²) in [6, 6.07) is -0.0420. The number of likely N-dealkylation sites (tertiary alicyclic amines) is 2. The maximum absolute atomic E-state index is 12.4. The molecule has 1 saturated carbocycles. The fourth-order valence-corrected chi connectivity index (χ4v) is 3.46. The van der Waals surface area contributed by atoms with Gasteiger partial charge in [-0.25, -0.2) is 4.79 Å². The zero-order valence-corrected chi connectivity index (χ0v) is 13.3. The Morgan fingerprint density at radius 1 is 1.12 bits per heavy atom. The van der Waals surface area contributed by atoms with Gasteiger partial charge in [-0.15, -0.1) is 0 Å². The van der Waals surface area contributed by atoms with Gasteiger partial charge >= 0.3 is 12.3 Å². The first-order valence-electron chi connectivity index (χ1n) is 8.38. The number of halogens is 3. The summed E-state index contributed by atoms with van der Waals surface area (Å²) in [4.78, 5) is 27.7. The largest absolute Gasteiger partial charge is 0.440 e. The van der Waals surface area contributed by atoms with E-state index in [0.29, 0.717) is 18.9 Å². The van der Waals surface area contributed by atoms with Crippen LogP contribution in [0.2, 0.25) is 0 Å². The zero-order chi connectivity index (χ0) is 17.3. The molecule has 0 spiro atoms. The second-order valence-corrected chi connectivity index (χ2v) is 6.74. The summed E-state index contributed by atoms with van der Waals surface area (Å²) in [5.41, 5.74) is 0. The van der Waals surface area contributed by atoms with Crippen LogP contribution in [0.3, 0.4) is 0 Å². The molecule has 2 amide bonds. The lowest BCUT2D eigenvalue weighted by atomic mass is 10.2. The maximum Gasteiger partial charge on any atom is 0.422 e. The average molecular weight is 349 g/mol. The number of amides is 2. The first-order chi connectivity index (χ1) is 11.3. The topological polar surface area (TPSA) is 61.9 Å². The molecule has 9 heteroatoms. The molecular formula is C15H22F3N3O3. The molecule has 0 aromatic heterocycles. The van der Waals surface area contributed by atoms with Crippen molar-refractivity contribution in [2.45, 2.75) is 56.4 Å². The number of rotatable bonds is 4. The molecule has 24 heavy (non-hydrogen) atoms. The van der Waals surface area contributed by atoms with Crippen molar-refractivity contribution in [3.05, 3.63) is 0 Å². The van der Waals surface area contributed by atoms with Crippen molar-refractivity contribution in [2.75, 3.05) is 26.2 Å². The van der Waals surface area contributed by atoms with Gasteiger partial charge in [0.05, 0.1) is 0 Å². The van der Waals surface area contributed by atoms with Gasteiger partial charge < -0.3 is 10.1 Å². The van der Waals surface area contributed by atoms with Gasteiger partial charge in [0.1, 0.15) is 6.04 Å². The SMILES string of the molecule is O=C(N[C@H]1CCN(C2CC2)C1)[C@H]1CCCN1C(=O)OCC(F)(F)F. The monoisotopic (exact) mass is 349 g/mol. The summed E-state index contributed by atoms with van der Waals surface area (Å²) >= 11 is 0. The second kappa shape index (κ2) is 6.78. The Bertz CT molecular complexity index is 496. The number of alkyl halides is 3. The van der Waals surface area contributed by atoms with Crippen LogP contribution in [0.4, 0.5) is 18.0 Å². The third-order valence-corrected chi connectivity index (χ3v) is 4.78. The van der Waals surface area contributed by atoms with Gasteiger partial charge in [0.2, 0.25) is 5.91 Å². The molecular weight excluding hydrogens is 327 g/mol. The number of nitrogens with one attached hydrogen (secondary N) is 1. The van der Waals surface area contributed by atoms with E-state index in [-0.39, 0.29) is 18.5 Å². The van der Waals surface area contributed by atoms with Gasteiger partial charge in [-0.1, -0.05) is 0 Å². The lowest BCUT2D eigenvalue weighted by molar-refractivity contribution is -0.162. The molecule has 0 unspecified atom stereocenters. The molecule has 2 atom stereocenters. The molecule has 2 heterocycles. The molecule has 0 aromatic rings. The molecule has 3 aliphatic rings. The highest BCUT2D eigenvalue weighted by Gasteiger charge is 2.40. The van der Waals surface area contributed by atoms with Crippen molar-refractivity contribution in [3.63, 3.8) is 0 Å². The molecule has 1 N–H and O–H groups in total. The fourth-order valence-electron chi connectivity index (χ4n) is 3.46. The Labute approximate surface area is 138 Å². The van der Waals surface area contributed by atoms with Crippen LogP contribution in [0.1, 0.15) is 32.1 Å². The zero-order valence-electron chi connectivity index (χ0n) is 13.3. The Balaban J connectivity index is 1.49. The van der Waals surface area contributed by atoms with Crippen molar-refractivity contribution < 1.29 is 27.5 Å². The van der Waals surface area contributed by atoms with E-state index in [4.69, 9.17) is 0 Å². The van der Waals surface area contributed by atoms with Crippen LogP contribution in [-0.2, 0) is 9.53 Å². The van der Waals surface area contributed by atoms with Crippen LogP contribution in [0.25, 0.3) is 0 Å². The van der Waals surface area contributed by atoms with E-state index < -0.39 is 24.9 Å². The minimum absolute atomic E-state index is 0.0479. The normalized spacial score (nSPS) is 28.2. The predicted molar refractivity (Wildman–Crippen MR) is 78.3 cm³/mol. The molecule has 0 radical (unpaired) electrons. The van der Waals surface area contributed by atoms with Crippen LogP contribution in [0.5, 0.6) is 0 Å². The van der Waals surface area contributed by atoms with Crippen LogP contribution in [0, 0.1) is 0 Å². The molecule has 136 valence electrons. The summed E-state index contributed by atoms with van der Waals surface area (Å²) < 4.78 is 40.7. The number of carbonyl (C=O) groups is 2. The lowest BCUT2D eigenvalue weighted by Gasteiger charge is -2.25. The van der Waals surface area contributed by atoms with Crippen LogP contribution < -0.4 is 5.32 Å². The van der Waals surface area contributed by atoms with Gasteiger partial charge in [0, 0.05) is 31.7 Å². The molecule has 6 nitrogen and oxygen atoms in total. The standard InChI is InChI=1S/C15H22F3N3O3/c16-15(17,18)9-24-14(23)21-6-1-2-12(21)13(22)19-10-5-7-20(8-10)11-3-4-11/h10-12H,1-9H2,(H,19,22)/t10-,12+/m0/s1. The summed E-state index contributed by atoms with van der Waals surface area (Å²) in [7, 11) is 0. The molecule has 0 aromatic carbocycles. The van der Waals surface area contributed by atoms with Crippen LogP contribution >= 0.6 is 0 Å². The van der Waals surface area contributed by atoms with Gasteiger partial charge in [-0.2, -0.15) is 13.2 Å². The quantitative estimate of drug-likeness (QED) is 0.836. The fraction of sp³-hybridized carbons (Fsp3) is 0.867. The summed E-state index contributed by atoms with van der Waals surface area (Å²) in [6.07, 6.45) is -1.32. The van der Waals surface area contributed by atoms with E-state index in [0.717, 1.165) is 24.4 Å². The smallest absolute Gasteiger partial charge is 0.422 e. The van der Waals surface area contributed by atoms with Crippen molar-refractivity contribution in [3.8, 4) is 0 Å². The summed E-state index contributed by atoms with van der Waals surface area (Å²) in [5, 5.41) is 2.94.